The quantitative estimate of drug-likeness (QED) is 0.757. The molecule has 2 heterocycles. The first-order valence-corrected chi connectivity index (χ1v) is 11.7. The van der Waals surface area contributed by atoms with Gasteiger partial charge >= 0.3 is 0 Å². The minimum absolute atomic E-state index is 0.0822. The Hall–Kier alpha value is -2.00. The second kappa shape index (κ2) is 9.01. The largest absolute Gasteiger partial charge is 0.336 e. The first-order valence-electron chi connectivity index (χ1n) is 9.79. The van der Waals surface area contributed by atoms with Crippen molar-refractivity contribution in [1.82, 2.24) is 19.5 Å². The molecule has 2 aromatic rings. The molecule has 1 amide bonds. The highest BCUT2D eigenvalue weighted by Crippen LogP contribution is 2.25. The summed E-state index contributed by atoms with van der Waals surface area (Å²) in [5, 5.41) is 0.0884. The van der Waals surface area contributed by atoms with E-state index < -0.39 is 15.6 Å². The van der Waals surface area contributed by atoms with Gasteiger partial charge in [-0.05, 0) is 56.7 Å². The van der Waals surface area contributed by atoms with Gasteiger partial charge in [0.1, 0.15) is 4.90 Å². The Morgan fingerprint density at radius 2 is 1.73 bits per heavy atom. The molecule has 9 heteroatoms. The van der Waals surface area contributed by atoms with E-state index in [2.05, 4.69) is 14.6 Å². The van der Waals surface area contributed by atoms with Crippen molar-refractivity contribution in [3.8, 4) is 0 Å². The number of carbonyl (C=O) groups is 1. The van der Waals surface area contributed by atoms with Gasteiger partial charge in [-0.15, -0.1) is 0 Å². The Kier molecular flexibility index (Phi) is 6.81. The lowest BCUT2D eigenvalue weighted by atomic mass is 10.1. The van der Waals surface area contributed by atoms with E-state index in [1.54, 1.807) is 44.1 Å². The molecule has 1 aliphatic rings. The SMILES string of the molecule is CC(C)(C)NS(=O)(=O)c1cc(C(=O)N2CCN(Cc3ccncc3)CC2)ccc1Cl. The van der Waals surface area contributed by atoms with E-state index in [0.29, 0.717) is 18.7 Å². The summed E-state index contributed by atoms with van der Waals surface area (Å²) in [6, 6.07) is 8.37. The highest BCUT2D eigenvalue weighted by atomic mass is 35.5. The van der Waals surface area contributed by atoms with E-state index in [1.165, 1.54) is 17.7 Å². The maximum atomic E-state index is 13.0. The van der Waals surface area contributed by atoms with Gasteiger partial charge in [0.05, 0.1) is 5.02 Å². The molecular weight excluding hydrogens is 424 g/mol. The van der Waals surface area contributed by atoms with E-state index >= 15 is 0 Å². The van der Waals surface area contributed by atoms with Crippen LogP contribution in [0.3, 0.4) is 0 Å². The maximum absolute atomic E-state index is 13.0. The number of nitrogens with one attached hydrogen (secondary N) is 1. The first kappa shape index (κ1) is 22.7. The van der Waals surface area contributed by atoms with Crippen LogP contribution in [0.4, 0.5) is 0 Å². The van der Waals surface area contributed by atoms with Crippen molar-refractivity contribution in [3.63, 3.8) is 0 Å². The number of halogens is 1. The number of amides is 1. The molecule has 1 aliphatic heterocycles. The number of piperazine rings is 1. The Balaban J connectivity index is 1.69. The lowest BCUT2D eigenvalue weighted by molar-refractivity contribution is 0.0628. The van der Waals surface area contributed by atoms with Gasteiger partial charge in [-0.2, -0.15) is 0 Å². The lowest BCUT2D eigenvalue weighted by Gasteiger charge is -2.34. The van der Waals surface area contributed by atoms with Crippen LogP contribution in [0.1, 0.15) is 36.7 Å². The average Bonchev–Trinajstić information content (AvgIpc) is 2.67. The number of rotatable bonds is 5. The number of benzene rings is 1. The van der Waals surface area contributed by atoms with E-state index in [0.717, 1.165) is 19.6 Å². The molecule has 0 unspecified atom stereocenters. The molecule has 0 spiro atoms. The van der Waals surface area contributed by atoms with Crippen LogP contribution in [0.2, 0.25) is 5.02 Å². The first-order chi connectivity index (χ1) is 14.0. The summed E-state index contributed by atoms with van der Waals surface area (Å²) in [7, 11) is -3.84. The van der Waals surface area contributed by atoms with Crippen molar-refractivity contribution in [2.75, 3.05) is 26.2 Å². The van der Waals surface area contributed by atoms with Crippen molar-refractivity contribution in [2.24, 2.45) is 0 Å². The molecule has 1 aromatic heterocycles. The van der Waals surface area contributed by atoms with E-state index in [-0.39, 0.29) is 15.8 Å². The molecule has 0 atom stereocenters. The van der Waals surface area contributed by atoms with Crippen LogP contribution in [0, 0.1) is 0 Å². The minimum atomic E-state index is -3.84. The Labute approximate surface area is 183 Å². The van der Waals surface area contributed by atoms with Crippen LogP contribution in [0.25, 0.3) is 0 Å². The van der Waals surface area contributed by atoms with Crippen LogP contribution >= 0.6 is 11.6 Å². The molecule has 1 fully saturated rings. The lowest BCUT2D eigenvalue weighted by Crippen LogP contribution is -2.48. The molecule has 7 nitrogen and oxygen atoms in total. The summed E-state index contributed by atoms with van der Waals surface area (Å²) in [4.78, 5) is 21.0. The predicted octanol–water partition coefficient (Wildman–Crippen LogP) is 2.77. The number of aromatic nitrogens is 1. The number of hydrogen-bond donors (Lipinski definition) is 1. The van der Waals surface area contributed by atoms with Crippen molar-refractivity contribution in [1.29, 1.82) is 0 Å². The monoisotopic (exact) mass is 450 g/mol. The van der Waals surface area contributed by atoms with Crippen molar-refractivity contribution in [2.45, 2.75) is 37.8 Å². The topological polar surface area (TPSA) is 82.6 Å². The molecule has 0 saturated carbocycles. The van der Waals surface area contributed by atoms with Gasteiger partial charge < -0.3 is 4.90 Å². The zero-order valence-corrected chi connectivity index (χ0v) is 19.0. The fraction of sp³-hybridized carbons (Fsp3) is 0.429. The summed E-state index contributed by atoms with van der Waals surface area (Å²) in [6.45, 7) is 8.71. The van der Waals surface area contributed by atoms with Crippen molar-refractivity contribution >= 4 is 27.5 Å². The summed E-state index contributed by atoms with van der Waals surface area (Å²) in [6.07, 6.45) is 3.55. The smallest absolute Gasteiger partial charge is 0.253 e. The van der Waals surface area contributed by atoms with E-state index in [9.17, 15) is 13.2 Å². The molecule has 1 saturated heterocycles. The summed E-state index contributed by atoms with van der Waals surface area (Å²) in [5.41, 5.74) is 0.841. The summed E-state index contributed by atoms with van der Waals surface area (Å²) >= 11 is 6.14. The normalized spacial score (nSPS) is 15.9. The average molecular weight is 451 g/mol. The van der Waals surface area contributed by atoms with E-state index in [4.69, 9.17) is 11.6 Å². The Morgan fingerprint density at radius 3 is 2.33 bits per heavy atom. The second-order valence-corrected chi connectivity index (χ2v) is 10.5. The number of hydrogen-bond acceptors (Lipinski definition) is 5. The highest BCUT2D eigenvalue weighted by Gasteiger charge is 2.27. The predicted molar refractivity (Wildman–Crippen MR) is 117 cm³/mol. The van der Waals surface area contributed by atoms with Crippen molar-refractivity contribution in [3.05, 3.63) is 58.9 Å². The number of sulfonamides is 1. The molecule has 1 N–H and O–H groups in total. The molecule has 3 rings (SSSR count). The third-order valence-corrected chi connectivity index (χ3v) is 6.96. The molecule has 0 radical (unpaired) electrons. The second-order valence-electron chi connectivity index (χ2n) is 8.42. The zero-order chi connectivity index (χ0) is 21.9. The number of pyridine rings is 1. The van der Waals surface area contributed by atoms with Gasteiger partial charge in [-0.1, -0.05) is 11.6 Å². The fourth-order valence-corrected chi connectivity index (χ4v) is 5.28. The van der Waals surface area contributed by atoms with Crippen LogP contribution in [0.15, 0.2) is 47.6 Å². The third kappa shape index (κ3) is 5.78. The molecule has 0 bridgehead atoms. The van der Waals surface area contributed by atoms with Gasteiger partial charge in [0, 0.05) is 56.2 Å². The fourth-order valence-electron chi connectivity index (χ4n) is 3.34. The Morgan fingerprint density at radius 1 is 1.10 bits per heavy atom. The van der Waals surface area contributed by atoms with Gasteiger partial charge in [0.15, 0.2) is 0 Å². The van der Waals surface area contributed by atoms with Gasteiger partial charge in [-0.3, -0.25) is 14.7 Å². The minimum Gasteiger partial charge on any atom is -0.336 e. The molecule has 0 aliphatic carbocycles. The zero-order valence-electron chi connectivity index (χ0n) is 17.4. The van der Waals surface area contributed by atoms with Crippen LogP contribution in [-0.4, -0.2) is 60.8 Å². The standard InChI is InChI=1S/C21H27ClN4O3S/c1-21(2,3)24-30(28,29)19-14-17(4-5-18(19)22)20(27)26-12-10-25(11-13-26)15-16-6-8-23-9-7-16/h4-9,14,24H,10-13,15H2,1-3H3. The van der Waals surface area contributed by atoms with Gasteiger partial charge in [0.25, 0.3) is 5.91 Å². The summed E-state index contributed by atoms with van der Waals surface area (Å²) in [5.74, 6) is -0.192. The van der Waals surface area contributed by atoms with Crippen LogP contribution in [-0.2, 0) is 16.6 Å². The highest BCUT2D eigenvalue weighted by molar-refractivity contribution is 7.89. The molecule has 162 valence electrons. The number of carbonyl (C=O) groups excluding carboxylic acids is 1. The van der Waals surface area contributed by atoms with Crippen LogP contribution < -0.4 is 4.72 Å². The van der Waals surface area contributed by atoms with Gasteiger partial charge in [0.2, 0.25) is 10.0 Å². The molecule has 30 heavy (non-hydrogen) atoms. The Bertz CT molecular complexity index is 999. The number of nitrogens with zero attached hydrogens (tertiary/aromatic N) is 3. The van der Waals surface area contributed by atoms with Crippen LogP contribution in [0.5, 0.6) is 0 Å². The maximum Gasteiger partial charge on any atom is 0.253 e. The third-order valence-electron chi connectivity index (χ3n) is 4.72. The van der Waals surface area contributed by atoms with E-state index in [1.807, 2.05) is 12.1 Å². The van der Waals surface area contributed by atoms with Crippen molar-refractivity contribution < 1.29 is 13.2 Å². The van der Waals surface area contributed by atoms with Gasteiger partial charge in [-0.25, -0.2) is 13.1 Å². The summed E-state index contributed by atoms with van der Waals surface area (Å²) < 4.78 is 28.0. The molecule has 1 aromatic carbocycles. The molecular formula is C21H27ClN4O3S.